The van der Waals surface area contributed by atoms with E-state index in [0.717, 1.165) is 30.0 Å². The Morgan fingerprint density at radius 3 is 2.74 bits per heavy atom. The maximum Gasteiger partial charge on any atom is 0.360 e. The van der Waals surface area contributed by atoms with Crippen LogP contribution in [0.2, 0.25) is 10.0 Å². The highest BCUT2D eigenvalue weighted by Gasteiger charge is 2.47. The summed E-state index contributed by atoms with van der Waals surface area (Å²) in [5.41, 5.74) is 8.59. The molecule has 2 aliphatic heterocycles. The van der Waals surface area contributed by atoms with Crippen LogP contribution in [0, 0.1) is 12.3 Å². The van der Waals surface area contributed by atoms with Gasteiger partial charge in [0, 0.05) is 36.1 Å². The summed E-state index contributed by atoms with van der Waals surface area (Å²) in [4.78, 5) is 25.3. The molecule has 0 radical (unpaired) electrons. The Hall–Kier alpha value is -2.33. The van der Waals surface area contributed by atoms with E-state index in [9.17, 15) is 4.79 Å². The van der Waals surface area contributed by atoms with E-state index in [2.05, 4.69) is 10.00 Å². The van der Waals surface area contributed by atoms with Gasteiger partial charge in [-0.1, -0.05) is 41.0 Å². The van der Waals surface area contributed by atoms with E-state index in [1.807, 2.05) is 29.8 Å². The van der Waals surface area contributed by atoms with Crippen molar-refractivity contribution in [2.45, 2.75) is 49.2 Å². The molecule has 2 N–H and O–H groups in total. The molecule has 11 heteroatoms. The molecule has 1 aromatic carbocycles. The molecule has 3 aromatic rings. The van der Waals surface area contributed by atoms with Gasteiger partial charge >= 0.3 is 5.97 Å². The van der Waals surface area contributed by atoms with Crippen molar-refractivity contribution in [3.8, 4) is 0 Å². The van der Waals surface area contributed by atoms with Crippen molar-refractivity contribution in [1.82, 2.24) is 19.7 Å². The molecule has 35 heavy (non-hydrogen) atoms. The Kier molecular flexibility index (Phi) is 6.69. The lowest BCUT2D eigenvalue weighted by Gasteiger charge is -2.42. The van der Waals surface area contributed by atoms with Crippen molar-refractivity contribution in [1.29, 1.82) is 0 Å². The number of nitrogens with zero attached hydrogens (tertiary/aromatic N) is 5. The van der Waals surface area contributed by atoms with Crippen LogP contribution in [-0.4, -0.2) is 45.4 Å². The molecular formula is C24H26Cl2N6O2S. The summed E-state index contributed by atoms with van der Waals surface area (Å²) in [6.07, 6.45) is 3.54. The molecular weight excluding hydrogens is 507 g/mol. The lowest BCUT2D eigenvalue weighted by Crippen LogP contribution is -2.45. The Labute approximate surface area is 218 Å². The van der Waals surface area contributed by atoms with Crippen molar-refractivity contribution in [2.75, 3.05) is 24.6 Å². The molecule has 184 valence electrons. The predicted octanol–water partition coefficient (Wildman–Crippen LogP) is 4.92. The number of rotatable bonds is 5. The highest BCUT2D eigenvalue weighted by molar-refractivity contribution is 7.99. The first-order chi connectivity index (χ1) is 16.8. The van der Waals surface area contributed by atoms with Gasteiger partial charge in [-0.05, 0) is 44.9 Å². The Balaban J connectivity index is 1.43. The number of nitrogens with two attached hydrogens (primary N) is 1. The maximum atomic E-state index is 12.9. The fourth-order valence-corrected chi connectivity index (χ4v) is 6.25. The number of halogens is 2. The standard InChI is InChI=1S/C24H26Cl2N6O2S/c1-3-34-23(33)19-21(29-14(2)22(30-19)35-17-6-4-5-15(25)18(17)26)31-11-8-24(9-12-31)13-32-16(20(24)27)7-10-28-32/h4-7,10,20H,3,8-9,11-13,27H2,1-2H3/t20-/m1/s1. The lowest BCUT2D eigenvalue weighted by atomic mass is 9.73. The van der Waals surface area contributed by atoms with Crippen LogP contribution in [0.3, 0.4) is 0 Å². The molecule has 1 atom stereocenters. The molecule has 8 nitrogen and oxygen atoms in total. The van der Waals surface area contributed by atoms with E-state index < -0.39 is 5.97 Å². The van der Waals surface area contributed by atoms with Crippen LogP contribution in [0.15, 0.2) is 40.4 Å². The van der Waals surface area contributed by atoms with E-state index in [4.69, 9.17) is 43.6 Å². The second kappa shape index (κ2) is 9.61. The second-order valence-corrected chi connectivity index (χ2v) is 10.7. The van der Waals surface area contributed by atoms with Crippen LogP contribution < -0.4 is 10.6 Å². The average Bonchev–Trinajstić information content (AvgIpc) is 3.39. The quantitative estimate of drug-likeness (QED) is 0.462. The van der Waals surface area contributed by atoms with Gasteiger partial charge in [0.25, 0.3) is 0 Å². The Bertz CT molecular complexity index is 1270. The molecule has 1 fully saturated rings. The van der Waals surface area contributed by atoms with Crippen LogP contribution in [-0.2, 0) is 11.3 Å². The Morgan fingerprint density at radius 1 is 1.26 bits per heavy atom. The molecule has 1 saturated heterocycles. The number of benzene rings is 1. The number of anilines is 1. The largest absolute Gasteiger partial charge is 0.461 e. The van der Waals surface area contributed by atoms with E-state index in [0.29, 0.717) is 39.7 Å². The number of hydrogen-bond donors (Lipinski definition) is 1. The fourth-order valence-electron chi connectivity index (χ4n) is 4.90. The zero-order valence-corrected chi connectivity index (χ0v) is 21.8. The molecule has 2 aliphatic rings. The van der Waals surface area contributed by atoms with Crippen LogP contribution in [0.25, 0.3) is 0 Å². The lowest BCUT2D eigenvalue weighted by molar-refractivity contribution is 0.0518. The third-order valence-electron chi connectivity index (χ3n) is 6.85. The minimum absolute atomic E-state index is 0.0359. The summed E-state index contributed by atoms with van der Waals surface area (Å²) in [5, 5.41) is 5.90. The zero-order chi connectivity index (χ0) is 24.7. The van der Waals surface area contributed by atoms with E-state index in [1.54, 1.807) is 19.2 Å². The van der Waals surface area contributed by atoms with Crippen molar-refractivity contribution < 1.29 is 9.53 Å². The number of fused-ring (bicyclic) bond motifs is 1. The monoisotopic (exact) mass is 532 g/mol. The van der Waals surface area contributed by atoms with Gasteiger partial charge in [0.2, 0.25) is 0 Å². The molecule has 0 bridgehead atoms. The number of piperidine rings is 1. The summed E-state index contributed by atoms with van der Waals surface area (Å²) < 4.78 is 7.35. The SMILES string of the molecule is CCOC(=O)c1nc(Sc2cccc(Cl)c2Cl)c(C)nc1N1CCC2(CC1)Cn1nccc1[C@H]2N. The number of aryl methyl sites for hydroxylation is 1. The average molecular weight is 533 g/mol. The third kappa shape index (κ3) is 4.39. The van der Waals surface area contributed by atoms with Crippen molar-refractivity contribution >= 4 is 46.8 Å². The van der Waals surface area contributed by atoms with Crippen LogP contribution in [0.1, 0.15) is 47.7 Å². The fraction of sp³-hybridized carbons (Fsp3) is 0.417. The van der Waals surface area contributed by atoms with Crippen molar-refractivity contribution in [2.24, 2.45) is 11.1 Å². The third-order valence-corrected chi connectivity index (χ3v) is 8.92. The minimum atomic E-state index is -0.493. The smallest absolute Gasteiger partial charge is 0.360 e. The van der Waals surface area contributed by atoms with Crippen molar-refractivity contribution in [3.63, 3.8) is 0 Å². The van der Waals surface area contributed by atoms with Gasteiger partial charge in [0.15, 0.2) is 11.5 Å². The second-order valence-electron chi connectivity index (χ2n) is 8.90. The van der Waals surface area contributed by atoms with Crippen molar-refractivity contribution in [3.05, 3.63) is 57.6 Å². The number of aromatic nitrogens is 4. The Morgan fingerprint density at radius 2 is 2.03 bits per heavy atom. The van der Waals surface area contributed by atoms with E-state index >= 15 is 0 Å². The van der Waals surface area contributed by atoms with Gasteiger partial charge in [0.1, 0.15) is 5.03 Å². The molecule has 0 aliphatic carbocycles. The maximum absolute atomic E-state index is 12.9. The van der Waals surface area contributed by atoms with Gasteiger partial charge < -0.3 is 15.4 Å². The van der Waals surface area contributed by atoms with E-state index in [-0.39, 0.29) is 23.8 Å². The van der Waals surface area contributed by atoms with Crippen LogP contribution >= 0.6 is 35.0 Å². The van der Waals surface area contributed by atoms with Crippen LogP contribution in [0.4, 0.5) is 5.82 Å². The highest BCUT2D eigenvalue weighted by atomic mass is 35.5. The number of carbonyl (C=O) groups is 1. The number of ether oxygens (including phenoxy) is 1. The summed E-state index contributed by atoms with van der Waals surface area (Å²) in [6.45, 7) is 6.15. The zero-order valence-electron chi connectivity index (χ0n) is 19.5. The minimum Gasteiger partial charge on any atom is -0.461 e. The summed E-state index contributed by atoms with van der Waals surface area (Å²) in [7, 11) is 0. The number of carbonyl (C=O) groups excluding carboxylic acids is 1. The molecule has 0 amide bonds. The van der Waals surface area contributed by atoms with Gasteiger partial charge in [-0.25, -0.2) is 14.8 Å². The first-order valence-corrected chi connectivity index (χ1v) is 13.1. The highest BCUT2D eigenvalue weighted by Crippen LogP contribution is 2.48. The first kappa shape index (κ1) is 24.4. The first-order valence-electron chi connectivity index (χ1n) is 11.5. The summed E-state index contributed by atoms with van der Waals surface area (Å²) >= 11 is 13.9. The van der Waals surface area contributed by atoms with E-state index in [1.165, 1.54) is 11.8 Å². The molecule has 1 spiro atoms. The van der Waals surface area contributed by atoms with Gasteiger partial charge in [-0.15, -0.1) is 0 Å². The molecule has 0 saturated carbocycles. The topological polar surface area (TPSA) is 99.2 Å². The summed E-state index contributed by atoms with van der Waals surface area (Å²) in [5.74, 6) is 0.0497. The van der Waals surface area contributed by atoms with Crippen LogP contribution in [0.5, 0.6) is 0 Å². The normalized spacial score (nSPS) is 18.7. The number of esters is 1. The number of hydrogen-bond acceptors (Lipinski definition) is 8. The van der Waals surface area contributed by atoms with Gasteiger partial charge in [0.05, 0.1) is 34.1 Å². The van der Waals surface area contributed by atoms with Gasteiger partial charge in [-0.3, -0.25) is 4.68 Å². The predicted molar refractivity (Wildman–Crippen MR) is 136 cm³/mol. The summed E-state index contributed by atoms with van der Waals surface area (Å²) in [6, 6.07) is 7.36. The molecule has 5 rings (SSSR count). The molecule has 2 aromatic heterocycles. The molecule has 0 unspecified atom stereocenters. The van der Waals surface area contributed by atoms with Gasteiger partial charge in [-0.2, -0.15) is 5.10 Å². The molecule has 4 heterocycles.